The van der Waals surface area contributed by atoms with Crippen LogP contribution >= 0.6 is 0 Å². The molecule has 1 rings (SSSR count). The second kappa shape index (κ2) is 7.21. The standard InChI is InChI=1S/C20H41NO/c1-10-20(9,11-2)22-19(7,8)15-18(5,6)17-12-13-21(14-17)16(3)4/h16-17H,10-15H2,1-9H3. The van der Waals surface area contributed by atoms with Crippen molar-refractivity contribution in [1.29, 1.82) is 0 Å². The van der Waals surface area contributed by atoms with Crippen LogP contribution in [-0.4, -0.2) is 35.2 Å². The molecule has 1 aliphatic heterocycles. The summed E-state index contributed by atoms with van der Waals surface area (Å²) < 4.78 is 6.58. The minimum Gasteiger partial charge on any atom is -0.369 e. The summed E-state index contributed by atoms with van der Waals surface area (Å²) in [6.07, 6.45) is 4.63. The first kappa shape index (κ1) is 20.0. The molecule has 0 aromatic rings. The van der Waals surface area contributed by atoms with Crippen LogP contribution in [0.3, 0.4) is 0 Å². The van der Waals surface area contributed by atoms with Crippen molar-refractivity contribution >= 4 is 0 Å². The van der Waals surface area contributed by atoms with E-state index < -0.39 is 0 Å². The molecule has 2 heteroatoms. The van der Waals surface area contributed by atoms with E-state index in [1.165, 1.54) is 19.5 Å². The summed E-state index contributed by atoms with van der Waals surface area (Å²) in [7, 11) is 0. The molecule has 0 aromatic carbocycles. The van der Waals surface area contributed by atoms with E-state index >= 15 is 0 Å². The van der Waals surface area contributed by atoms with Gasteiger partial charge in [-0.1, -0.05) is 27.7 Å². The molecule has 0 aliphatic carbocycles. The summed E-state index contributed by atoms with van der Waals surface area (Å²) in [6.45, 7) is 23.3. The van der Waals surface area contributed by atoms with Crippen molar-refractivity contribution in [1.82, 2.24) is 4.90 Å². The lowest BCUT2D eigenvalue weighted by Gasteiger charge is -2.43. The molecular weight excluding hydrogens is 270 g/mol. The fourth-order valence-corrected chi connectivity index (χ4v) is 4.23. The lowest BCUT2D eigenvalue weighted by atomic mass is 9.71. The van der Waals surface area contributed by atoms with Crippen LogP contribution in [0.1, 0.15) is 88.0 Å². The lowest BCUT2D eigenvalue weighted by molar-refractivity contribution is -0.152. The number of rotatable bonds is 8. The van der Waals surface area contributed by atoms with Crippen LogP contribution in [0, 0.1) is 11.3 Å². The molecular formula is C20H41NO. The Morgan fingerprint density at radius 1 is 1.05 bits per heavy atom. The van der Waals surface area contributed by atoms with Gasteiger partial charge in [0.1, 0.15) is 0 Å². The Hall–Kier alpha value is -0.0800. The van der Waals surface area contributed by atoms with Crippen molar-refractivity contribution < 1.29 is 4.74 Å². The number of hydrogen-bond acceptors (Lipinski definition) is 2. The van der Waals surface area contributed by atoms with E-state index in [-0.39, 0.29) is 11.2 Å². The fourth-order valence-electron chi connectivity index (χ4n) is 4.23. The highest BCUT2D eigenvalue weighted by Crippen LogP contribution is 2.43. The molecule has 0 spiro atoms. The number of hydrogen-bond donors (Lipinski definition) is 0. The van der Waals surface area contributed by atoms with Gasteiger partial charge in [-0.2, -0.15) is 0 Å². The zero-order valence-electron chi connectivity index (χ0n) is 16.8. The van der Waals surface area contributed by atoms with Gasteiger partial charge in [0.2, 0.25) is 0 Å². The Morgan fingerprint density at radius 2 is 1.59 bits per heavy atom. The van der Waals surface area contributed by atoms with Gasteiger partial charge in [-0.25, -0.2) is 0 Å². The number of likely N-dealkylation sites (tertiary alicyclic amines) is 1. The minimum atomic E-state index is -0.0600. The van der Waals surface area contributed by atoms with Crippen molar-refractivity contribution in [3.8, 4) is 0 Å². The predicted octanol–water partition coefficient (Wildman–Crippen LogP) is 5.51. The van der Waals surface area contributed by atoms with Gasteiger partial charge in [0, 0.05) is 12.6 Å². The number of nitrogens with zero attached hydrogens (tertiary/aromatic N) is 1. The Kier molecular flexibility index (Phi) is 6.55. The summed E-state index contributed by atoms with van der Waals surface area (Å²) in [4.78, 5) is 2.63. The van der Waals surface area contributed by atoms with Gasteiger partial charge in [-0.05, 0) is 78.2 Å². The first-order valence-corrected chi connectivity index (χ1v) is 9.39. The predicted molar refractivity (Wildman–Crippen MR) is 97.4 cm³/mol. The molecule has 0 bridgehead atoms. The SMILES string of the molecule is CCC(C)(CC)OC(C)(C)CC(C)(C)C1CCN(C(C)C)C1. The highest BCUT2D eigenvalue weighted by Gasteiger charge is 2.41. The van der Waals surface area contributed by atoms with E-state index in [2.05, 4.69) is 67.2 Å². The minimum absolute atomic E-state index is 0.0131. The molecule has 0 N–H and O–H groups in total. The molecule has 132 valence electrons. The number of ether oxygens (including phenoxy) is 1. The molecule has 1 fully saturated rings. The van der Waals surface area contributed by atoms with Crippen molar-refractivity contribution in [2.75, 3.05) is 13.1 Å². The summed E-state index contributed by atoms with van der Waals surface area (Å²) in [5.74, 6) is 0.785. The highest BCUT2D eigenvalue weighted by molar-refractivity contribution is 4.92. The third-order valence-electron chi connectivity index (χ3n) is 5.95. The van der Waals surface area contributed by atoms with Gasteiger partial charge in [-0.15, -0.1) is 0 Å². The molecule has 0 aromatic heterocycles. The molecule has 1 aliphatic rings. The monoisotopic (exact) mass is 311 g/mol. The van der Waals surface area contributed by atoms with Crippen molar-refractivity contribution in [3.63, 3.8) is 0 Å². The van der Waals surface area contributed by atoms with E-state index in [1.807, 2.05) is 0 Å². The zero-order chi connectivity index (χ0) is 17.2. The molecule has 22 heavy (non-hydrogen) atoms. The Morgan fingerprint density at radius 3 is 2.00 bits per heavy atom. The Labute approximate surface area is 140 Å². The average molecular weight is 312 g/mol. The van der Waals surface area contributed by atoms with Gasteiger partial charge in [-0.3, -0.25) is 0 Å². The Balaban J connectivity index is 2.70. The summed E-state index contributed by atoms with van der Waals surface area (Å²) in [5, 5.41) is 0. The van der Waals surface area contributed by atoms with Gasteiger partial charge >= 0.3 is 0 Å². The smallest absolute Gasteiger partial charge is 0.0656 e. The van der Waals surface area contributed by atoms with Crippen LogP contribution in [0.25, 0.3) is 0 Å². The van der Waals surface area contributed by atoms with Crippen molar-refractivity contribution in [2.45, 2.75) is 105 Å². The molecule has 0 radical (unpaired) electrons. The van der Waals surface area contributed by atoms with E-state index in [1.54, 1.807) is 0 Å². The van der Waals surface area contributed by atoms with Crippen LogP contribution in [0.5, 0.6) is 0 Å². The summed E-state index contributed by atoms with van der Waals surface area (Å²) in [5.41, 5.74) is 0.282. The van der Waals surface area contributed by atoms with E-state index in [4.69, 9.17) is 4.74 Å². The first-order valence-electron chi connectivity index (χ1n) is 9.39. The zero-order valence-corrected chi connectivity index (χ0v) is 16.8. The van der Waals surface area contributed by atoms with Crippen molar-refractivity contribution in [2.24, 2.45) is 11.3 Å². The maximum atomic E-state index is 6.58. The maximum absolute atomic E-state index is 6.58. The van der Waals surface area contributed by atoms with Crippen LogP contribution in [0.15, 0.2) is 0 Å². The molecule has 1 saturated heterocycles. The van der Waals surface area contributed by atoms with Crippen LogP contribution in [-0.2, 0) is 4.74 Å². The third kappa shape index (κ3) is 5.23. The quantitative estimate of drug-likeness (QED) is 0.586. The summed E-state index contributed by atoms with van der Waals surface area (Å²) in [6, 6.07) is 0.675. The largest absolute Gasteiger partial charge is 0.369 e. The fraction of sp³-hybridized carbons (Fsp3) is 1.00. The van der Waals surface area contributed by atoms with Gasteiger partial charge in [0.15, 0.2) is 0 Å². The van der Waals surface area contributed by atoms with E-state index in [0.717, 1.165) is 25.2 Å². The molecule has 0 saturated carbocycles. The molecule has 2 nitrogen and oxygen atoms in total. The van der Waals surface area contributed by atoms with E-state index in [9.17, 15) is 0 Å². The second-order valence-corrected chi connectivity index (χ2v) is 9.26. The van der Waals surface area contributed by atoms with Crippen LogP contribution < -0.4 is 0 Å². The topological polar surface area (TPSA) is 12.5 Å². The molecule has 1 atom stereocenters. The Bertz CT molecular complexity index is 342. The third-order valence-corrected chi connectivity index (χ3v) is 5.95. The maximum Gasteiger partial charge on any atom is 0.0656 e. The van der Waals surface area contributed by atoms with Crippen LogP contribution in [0.2, 0.25) is 0 Å². The van der Waals surface area contributed by atoms with Crippen molar-refractivity contribution in [3.05, 3.63) is 0 Å². The average Bonchev–Trinajstić information content (AvgIpc) is 2.87. The summed E-state index contributed by atoms with van der Waals surface area (Å²) >= 11 is 0. The molecule has 1 heterocycles. The lowest BCUT2D eigenvalue weighted by Crippen LogP contribution is -2.43. The van der Waals surface area contributed by atoms with Gasteiger partial charge in [0.05, 0.1) is 11.2 Å². The normalized spacial score (nSPS) is 21.8. The first-order chi connectivity index (χ1) is 9.95. The van der Waals surface area contributed by atoms with Crippen LogP contribution in [0.4, 0.5) is 0 Å². The van der Waals surface area contributed by atoms with E-state index in [0.29, 0.717) is 11.5 Å². The highest BCUT2D eigenvalue weighted by atomic mass is 16.5. The molecule has 1 unspecified atom stereocenters. The van der Waals surface area contributed by atoms with Gasteiger partial charge in [0.25, 0.3) is 0 Å². The molecule has 0 amide bonds. The second-order valence-electron chi connectivity index (χ2n) is 9.26. The van der Waals surface area contributed by atoms with Gasteiger partial charge < -0.3 is 9.64 Å².